The molecule has 0 fully saturated rings. The third-order valence-electron chi connectivity index (χ3n) is 4.13. The number of carbonyl (C=O) groups is 3. The summed E-state index contributed by atoms with van der Waals surface area (Å²) in [5.41, 5.74) is 3.27. The van der Waals surface area contributed by atoms with Gasteiger partial charge in [-0.2, -0.15) is 5.01 Å². The van der Waals surface area contributed by atoms with Crippen molar-refractivity contribution in [1.82, 2.24) is 10.4 Å². The van der Waals surface area contributed by atoms with Gasteiger partial charge in [0.25, 0.3) is 11.8 Å². The number of hydrazine groups is 1. The zero-order chi connectivity index (χ0) is 18.3. The van der Waals surface area contributed by atoms with Crippen molar-refractivity contribution in [1.29, 1.82) is 0 Å². The second-order valence-electron chi connectivity index (χ2n) is 5.74. The normalized spacial score (nSPS) is 13.0. The molecule has 0 atom stereocenters. The van der Waals surface area contributed by atoms with Gasteiger partial charge in [-0.05, 0) is 30.3 Å². The summed E-state index contributed by atoms with van der Waals surface area (Å²) in [7, 11) is 0. The molecule has 0 aromatic heterocycles. The average Bonchev–Trinajstić information content (AvgIpc) is 2.65. The molecule has 4 rings (SSSR count). The highest BCUT2D eigenvalue weighted by Crippen LogP contribution is 2.34. The number of rotatable bonds is 2. The number of nitrogens with zero attached hydrogens (tertiary/aromatic N) is 1. The Kier molecular flexibility index (Phi) is 3.54. The van der Waals surface area contributed by atoms with E-state index < -0.39 is 17.8 Å². The van der Waals surface area contributed by atoms with Crippen molar-refractivity contribution in [2.24, 2.45) is 0 Å². The van der Waals surface area contributed by atoms with Crippen LogP contribution in [0.1, 0.15) is 20.7 Å². The summed E-state index contributed by atoms with van der Waals surface area (Å²) in [6.07, 6.45) is 0. The number of anilines is 1. The van der Waals surface area contributed by atoms with Crippen molar-refractivity contribution in [2.75, 3.05) is 5.32 Å². The third kappa shape index (κ3) is 2.42. The third-order valence-corrected chi connectivity index (χ3v) is 4.13. The Morgan fingerprint density at radius 2 is 1.54 bits per heavy atom. The van der Waals surface area contributed by atoms with Gasteiger partial charge in [0.05, 0.1) is 11.1 Å². The molecule has 0 bridgehead atoms. The van der Waals surface area contributed by atoms with E-state index >= 15 is 0 Å². The van der Waals surface area contributed by atoms with Crippen LogP contribution < -0.4 is 10.7 Å². The lowest BCUT2D eigenvalue weighted by molar-refractivity contribution is 0.0547. The van der Waals surface area contributed by atoms with Gasteiger partial charge in [0.15, 0.2) is 0 Å². The molecule has 0 saturated heterocycles. The van der Waals surface area contributed by atoms with Crippen molar-refractivity contribution in [3.8, 4) is 5.75 Å². The first-order valence-corrected chi connectivity index (χ1v) is 7.82. The van der Waals surface area contributed by atoms with Crippen LogP contribution in [0.3, 0.4) is 0 Å². The molecule has 0 radical (unpaired) electrons. The maximum absolute atomic E-state index is 12.7. The molecule has 7 nitrogen and oxygen atoms in total. The van der Waals surface area contributed by atoms with Crippen LogP contribution in [0.5, 0.6) is 5.75 Å². The molecule has 0 unspecified atom stereocenters. The first-order valence-electron chi connectivity index (χ1n) is 7.82. The van der Waals surface area contributed by atoms with Gasteiger partial charge in [-0.25, -0.2) is 10.2 Å². The largest absolute Gasteiger partial charge is 0.507 e. The minimum Gasteiger partial charge on any atom is -0.507 e. The van der Waals surface area contributed by atoms with E-state index in [0.29, 0.717) is 21.5 Å². The second kappa shape index (κ2) is 5.89. The Hall–Kier alpha value is -3.87. The maximum Gasteiger partial charge on any atom is 0.338 e. The lowest BCUT2D eigenvalue weighted by Crippen LogP contribution is -2.52. The van der Waals surface area contributed by atoms with Crippen LogP contribution in [0.4, 0.5) is 10.5 Å². The molecule has 1 aliphatic heterocycles. The molecular formula is C19H13N3O4. The number of imide groups is 1. The van der Waals surface area contributed by atoms with Crippen molar-refractivity contribution in [2.45, 2.75) is 0 Å². The van der Waals surface area contributed by atoms with Crippen LogP contribution in [-0.2, 0) is 0 Å². The maximum atomic E-state index is 12.7. The van der Waals surface area contributed by atoms with Gasteiger partial charge in [0.2, 0.25) is 0 Å². The number of nitrogens with one attached hydrogen (secondary N) is 2. The van der Waals surface area contributed by atoms with Crippen LogP contribution in [0.2, 0.25) is 0 Å². The Balaban J connectivity index is 1.67. The number of hydrogen-bond donors (Lipinski definition) is 3. The minimum absolute atomic E-state index is 0.0190. The molecule has 3 N–H and O–H groups in total. The van der Waals surface area contributed by atoms with E-state index in [0.717, 1.165) is 0 Å². The molecule has 0 aliphatic carbocycles. The van der Waals surface area contributed by atoms with Crippen molar-refractivity contribution < 1.29 is 19.5 Å². The van der Waals surface area contributed by atoms with E-state index in [1.165, 1.54) is 12.1 Å². The molecular weight excluding hydrogens is 334 g/mol. The van der Waals surface area contributed by atoms with E-state index in [2.05, 4.69) is 10.7 Å². The van der Waals surface area contributed by atoms with Gasteiger partial charge >= 0.3 is 6.03 Å². The van der Waals surface area contributed by atoms with Gasteiger partial charge in [0.1, 0.15) is 5.75 Å². The molecule has 26 heavy (non-hydrogen) atoms. The number of urea groups is 1. The molecule has 1 aliphatic rings. The Bertz CT molecular complexity index is 1040. The SMILES string of the molecule is O=C(Nc1ccccc1)NN1C(=O)c2cccc3c(O)ccc(c23)C1=O. The quantitative estimate of drug-likeness (QED) is 0.621. The Labute approximate surface area is 147 Å². The lowest BCUT2D eigenvalue weighted by atomic mass is 9.94. The molecule has 0 saturated carbocycles. The average molecular weight is 347 g/mol. The molecule has 3 aromatic carbocycles. The number of phenolic OH excluding ortho intramolecular Hbond substituents is 1. The highest BCUT2D eigenvalue weighted by molar-refractivity contribution is 6.26. The minimum atomic E-state index is -0.715. The summed E-state index contributed by atoms with van der Waals surface area (Å²) in [6.45, 7) is 0. The molecule has 7 heteroatoms. The van der Waals surface area contributed by atoms with Crippen LogP contribution in [0.25, 0.3) is 10.8 Å². The molecule has 1 heterocycles. The fourth-order valence-electron chi connectivity index (χ4n) is 2.96. The van der Waals surface area contributed by atoms with E-state index in [4.69, 9.17) is 0 Å². The van der Waals surface area contributed by atoms with Gasteiger partial charge in [-0.15, -0.1) is 0 Å². The van der Waals surface area contributed by atoms with Gasteiger partial charge < -0.3 is 10.4 Å². The number of aromatic hydroxyl groups is 1. The second-order valence-corrected chi connectivity index (χ2v) is 5.74. The number of amides is 4. The number of carbonyl (C=O) groups excluding carboxylic acids is 3. The van der Waals surface area contributed by atoms with Crippen LogP contribution in [0.15, 0.2) is 60.7 Å². The van der Waals surface area contributed by atoms with E-state index in [1.807, 2.05) is 0 Å². The summed E-state index contributed by atoms with van der Waals surface area (Å²) < 4.78 is 0. The number of phenols is 1. The van der Waals surface area contributed by atoms with Crippen molar-refractivity contribution >= 4 is 34.3 Å². The summed E-state index contributed by atoms with van der Waals surface area (Å²) >= 11 is 0. The predicted molar refractivity (Wildman–Crippen MR) is 94.7 cm³/mol. The molecule has 0 spiro atoms. The topological polar surface area (TPSA) is 98.7 Å². The summed E-state index contributed by atoms with van der Waals surface area (Å²) in [5.74, 6) is -1.35. The Morgan fingerprint density at radius 1 is 0.846 bits per heavy atom. The smallest absolute Gasteiger partial charge is 0.338 e. The fraction of sp³-hybridized carbons (Fsp3) is 0. The Morgan fingerprint density at radius 3 is 2.27 bits per heavy atom. The van der Waals surface area contributed by atoms with Crippen LogP contribution >= 0.6 is 0 Å². The molecule has 3 aromatic rings. The van der Waals surface area contributed by atoms with Crippen molar-refractivity contribution in [3.63, 3.8) is 0 Å². The highest BCUT2D eigenvalue weighted by atomic mass is 16.3. The van der Waals surface area contributed by atoms with Gasteiger partial charge in [-0.3, -0.25) is 9.59 Å². The van der Waals surface area contributed by atoms with Crippen molar-refractivity contribution in [3.05, 3.63) is 71.8 Å². The number of benzene rings is 3. The monoisotopic (exact) mass is 347 g/mol. The van der Waals surface area contributed by atoms with E-state index in [1.54, 1.807) is 48.5 Å². The van der Waals surface area contributed by atoms with Crippen LogP contribution in [0, 0.1) is 0 Å². The summed E-state index contributed by atoms with van der Waals surface area (Å²) in [5, 5.41) is 14.0. The highest BCUT2D eigenvalue weighted by Gasteiger charge is 2.34. The molecule has 128 valence electrons. The zero-order valence-corrected chi connectivity index (χ0v) is 13.4. The predicted octanol–water partition coefficient (Wildman–Crippen LogP) is 2.88. The standard InChI is InChI=1S/C19H13N3O4/c23-15-10-9-14-16-12(15)7-4-8-13(16)17(24)22(18(14)25)21-19(26)20-11-5-2-1-3-6-11/h1-10,23H,(H2,20,21,26). The molecule has 4 amide bonds. The van der Waals surface area contributed by atoms with E-state index in [9.17, 15) is 19.5 Å². The summed E-state index contributed by atoms with van der Waals surface area (Å²) in [6, 6.07) is 15.5. The van der Waals surface area contributed by atoms with Gasteiger partial charge in [-0.1, -0.05) is 30.3 Å². The van der Waals surface area contributed by atoms with E-state index in [-0.39, 0.29) is 16.9 Å². The zero-order valence-electron chi connectivity index (χ0n) is 13.4. The first kappa shape index (κ1) is 15.6. The van der Waals surface area contributed by atoms with Gasteiger partial charge in [0, 0.05) is 16.5 Å². The number of para-hydroxylation sites is 1. The first-order chi connectivity index (χ1) is 12.6. The van der Waals surface area contributed by atoms with Crippen LogP contribution in [-0.4, -0.2) is 28.0 Å². The summed E-state index contributed by atoms with van der Waals surface area (Å²) in [4.78, 5) is 37.6. The number of hydrogen-bond acceptors (Lipinski definition) is 4. The fourth-order valence-corrected chi connectivity index (χ4v) is 2.96. The lowest BCUT2D eigenvalue weighted by Gasteiger charge is -2.27.